The summed E-state index contributed by atoms with van der Waals surface area (Å²) in [6.45, 7) is 1.61. The summed E-state index contributed by atoms with van der Waals surface area (Å²) in [5, 5.41) is 0. The molecule has 0 saturated carbocycles. The third kappa shape index (κ3) is 3.66. The molecule has 0 spiro atoms. The van der Waals surface area contributed by atoms with Crippen molar-refractivity contribution < 1.29 is 4.79 Å². The molecular weight excluding hydrogens is 236 g/mol. The van der Waals surface area contributed by atoms with Crippen molar-refractivity contribution in [1.82, 2.24) is 4.90 Å². The minimum Gasteiger partial charge on any atom is -0.333 e. The van der Waals surface area contributed by atoms with Crippen LogP contribution in [-0.4, -0.2) is 23.9 Å². The monoisotopic (exact) mass is 254 g/mol. The molecule has 2 aromatic carbocycles. The average Bonchev–Trinajstić information content (AvgIpc) is 2.48. The highest BCUT2D eigenvalue weighted by molar-refractivity contribution is 5.94. The van der Waals surface area contributed by atoms with Crippen LogP contribution in [0, 0.1) is 0 Å². The van der Waals surface area contributed by atoms with E-state index < -0.39 is 0 Å². The minimum absolute atomic E-state index is 0.0231. The predicted octanol–water partition coefficient (Wildman–Crippen LogP) is 2.29. The van der Waals surface area contributed by atoms with Gasteiger partial charge in [0.05, 0.1) is 0 Å². The Morgan fingerprint density at radius 2 is 1.53 bits per heavy atom. The second-order valence-electron chi connectivity index (χ2n) is 4.37. The van der Waals surface area contributed by atoms with Crippen molar-refractivity contribution in [1.29, 1.82) is 0 Å². The molecule has 3 heteroatoms. The lowest BCUT2D eigenvalue weighted by Gasteiger charge is -2.22. The summed E-state index contributed by atoms with van der Waals surface area (Å²) in [6, 6.07) is 19.3. The number of nitrogens with two attached hydrogens (primary N) is 1. The van der Waals surface area contributed by atoms with Crippen molar-refractivity contribution in [2.24, 2.45) is 5.73 Å². The molecule has 0 aliphatic heterocycles. The lowest BCUT2D eigenvalue weighted by Crippen LogP contribution is -2.34. The van der Waals surface area contributed by atoms with E-state index in [4.69, 9.17) is 5.73 Å². The molecule has 0 unspecified atom stereocenters. The van der Waals surface area contributed by atoms with Crippen LogP contribution in [0.25, 0.3) is 0 Å². The maximum Gasteiger partial charge on any atom is 0.254 e. The number of amides is 1. The van der Waals surface area contributed by atoms with Gasteiger partial charge in [-0.2, -0.15) is 0 Å². The molecule has 0 fully saturated rings. The fraction of sp³-hybridized carbons (Fsp3) is 0.188. The Morgan fingerprint density at radius 3 is 2.11 bits per heavy atom. The largest absolute Gasteiger partial charge is 0.333 e. The quantitative estimate of drug-likeness (QED) is 0.889. The zero-order valence-corrected chi connectivity index (χ0v) is 10.8. The first-order valence-corrected chi connectivity index (χ1v) is 6.39. The summed E-state index contributed by atoms with van der Waals surface area (Å²) in [5.41, 5.74) is 7.42. The third-order valence-electron chi connectivity index (χ3n) is 2.92. The van der Waals surface area contributed by atoms with E-state index in [9.17, 15) is 4.79 Å². The fourth-order valence-electron chi connectivity index (χ4n) is 1.98. The van der Waals surface area contributed by atoms with Gasteiger partial charge in [-0.1, -0.05) is 48.5 Å². The van der Waals surface area contributed by atoms with Crippen LogP contribution in [0.2, 0.25) is 0 Å². The Hall–Kier alpha value is -2.13. The van der Waals surface area contributed by atoms with Gasteiger partial charge in [0.1, 0.15) is 0 Å². The van der Waals surface area contributed by atoms with Crippen LogP contribution in [-0.2, 0) is 6.54 Å². The van der Waals surface area contributed by atoms with Gasteiger partial charge in [0.2, 0.25) is 0 Å². The van der Waals surface area contributed by atoms with E-state index in [0.29, 0.717) is 25.2 Å². The molecule has 3 nitrogen and oxygen atoms in total. The summed E-state index contributed by atoms with van der Waals surface area (Å²) >= 11 is 0. The van der Waals surface area contributed by atoms with E-state index in [1.54, 1.807) is 4.90 Å². The molecule has 0 aliphatic carbocycles. The van der Waals surface area contributed by atoms with Crippen LogP contribution < -0.4 is 5.73 Å². The van der Waals surface area contributed by atoms with Crippen LogP contribution in [0.3, 0.4) is 0 Å². The highest BCUT2D eigenvalue weighted by atomic mass is 16.2. The Morgan fingerprint density at radius 1 is 0.947 bits per heavy atom. The molecular formula is C16H18N2O. The van der Waals surface area contributed by atoms with Gasteiger partial charge in [-0.25, -0.2) is 0 Å². The van der Waals surface area contributed by atoms with E-state index >= 15 is 0 Å². The SMILES string of the molecule is NCCN(Cc1ccccc1)C(=O)c1ccccc1. The summed E-state index contributed by atoms with van der Waals surface area (Å²) < 4.78 is 0. The number of hydrogen-bond donors (Lipinski definition) is 1. The van der Waals surface area contributed by atoms with Crippen molar-refractivity contribution in [2.75, 3.05) is 13.1 Å². The summed E-state index contributed by atoms with van der Waals surface area (Å²) in [5.74, 6) is 0.0231. The van der Waals surface area contributed by atoms with Crippen LogP contribution in [0.15, 0.2) is 60.7 Å². The average molecular weight is 254 g/mol. The van der Waals surface area contributed by atoms with Crippen LogP contribution >= 0.6 is 0 Å². The normalized spacial score (nSPS) is 10.2. The molecule has 0 saturated heterocycles. The van der Waals surface area contributed by atoms with Gasteiger partial charge in [-0.15, -0.1) is 0 Å². The second-order valence-corrected chi connectivity index (χ2v) is 4.37. The number of benzene rings is 2. The van der Waals surface area contributed by atoms with E-state index in [1.165, 1.54) is 0 Å². The van der Waals surface area contributed by atoms with Gasteiger partial charge >= 0.3 is 0 Å². The van der Waals surface area contributed by atoms with Gasteiger partial charge < -0.3 is 10.6 Å². The molecule has 2 aromatic rings. The molecule has 0 aliphatic rings. The van der Waals surface area contributed by atoms with Crippen LogP contribution in [0.1, 0.15) is 15.9 Å². The van der Waals surface area contributed by atoms with Gasteiger partial charge in [0, 0.05) is 25.2 Å². The number of hydrogen-bond acceptors (Lipinski definition) is 2. The van der Waals surface area contributed by atoms with Crippen molar-refractivity contribution >= 4 is 5.91 Å². The Kier molecular flexibility index (Phi) is 4.70. The Balaban J connectivity index is 2.14. The number of rotatable bonds is 5. The first kappa shape index (κ1) is 13.3. The number of carbonyl (C=O) groups excluding carboxylic acids is 1. The molecule has 0 bridgehead atoms. The Labute approximate surface area is 113 Å². The molecule has 0 aromatic heterocycles. The predicted molar refractivity (Wildman–Crippen MR) is 76.7 cm³/mol. The van der Waals surface area contributed by atoms with Gasteiger partial charge in [-0.3, -0.25) is 4.79 Å². The van der Waals surface area contributed by atoms with Gasteiger partial charge in [0.15, 0.2) is 0 Å². The highest BCUT2D eigenvalue weighted by Gasteiger charge is 2.14. The van der Waals surface area contributed by atoms with Gasteiger partial charge in [-0.05, 0) is 17.7 Å². The topological polar surface area (TPSA) is 46.3 Å². The summed E-state index contributed by atoms with van der Waals surface area (Å²) in [4.78, 5) is 14.2. The van der Waals surface area contributed by atoms with Crippen molar-refractivity contribution in [3.05, 3.63) is 71.8 Å². The molecule has 2 rings (SSSR count). The fourth-order valence-corrected chi connectivity index (χ4v) is 1.98. The van der Waals surface area contributed by atoms with Crippen LogP contribution in [0.5, 0.6) is 0 Å². The molecule has 2 N–H and O–H groups in total. The smallest absolute Gasteiger partial charge is 0.254 e. The molecule has 0 radical (unpaired) electrons. The zero-order valence-electron chi connectivity index (χ0n) is 10.8. The summed E-state index contributed by atoms with van der Waals surface area (Å²) in [6.07, 6.45) is 0. The zero-order chi connectivity index (χ0) is 13.5. The first-order chi connectivity index (χ1) is 9.31. The van der Waals surface area contributed by atoms with Crippen molar-refractivity contribution in [3.63, 3.8) is 0 Å². The summed E-state index contributed by atoms with van der Waals surface area (Å²) in [7, 11) is 0. The lowest BCUT2D eigenvalue weighted by atomic mass is 10.1. The third-order valence-corrected chi connectivity index (χ3v) is 2.92. The van der Waals surface area contributed by atoms with Crippen molar-refractivity contribution in [2.45, 2.75) is 6.54 Å². The van der Waals surface area contributed by atoms with E-state index in [0.717, 1.165) is 5.56 Å². The number of nitrogens with zero attached hydrogens (tertiary/aromatic N) is 1. The van der Waals surface area contributed by atoms with Crippen LogP contribution in [0.4, 0.5) is 0 Å². The molecule has 19 heavy (non-hydrogen) atoms. The van der Waals surface area contributed by atoms with E-state index in [1.807, 2.05) is 60.7 Å². The maximum atomic E-state index is 12.4. The standard InChI is InChI=1S/C16H18N2O/c17-11-12-18(13-14-7-3-1-4-8-14)16(19)15-9-5-2-6-10-15/h1-10H,11-13,17H2. The maximum absolute atomic E-state index is 12.4. The number of carbonyl (C=O) groups is 1. The van der Waals surface area contributed by atoms with Crippen molar-refractivity contribution in [3.8, 4) is 0 Å². The van der Waals surface area contributed by atoms with Gasteiger partial charge in [0.25, 0.3) is 5.91 Å². The second kappa shape index (κ2) is 6.71. The Bertz CT molecular complexity index is 511. The lowest BCUT2D eigenvalue weighted by molar-refractivity contribution is 0.0748. The molecule has 0 atom stereocenters. The van der Waals surface area contributed by atoms with E-state index in [-0.39, 0.29) is 5.91 Å². The highest BCUT2D eigenvalue weighted by Crippen LogP contribution is 2.09. The first-order valence-electron chi connectivity index (χ1n) is 6.39. The molecule has 0 heterocycles. The molecule has 1 amide bonds. The minimum atomic E-state index is 0.0231. The molecule has 98 valence electrons. The van der Waals surface area contributed by atoms with E-state index in [2.05, 4.69) is 0 Å².